The molecule has 1 aliphatic heterocycles. The van der Waals surface area contributed by atoms with Gasteiger partial charge < -0.3 is 9.47 Å². The molecule has 0 aromatic heterocycles. The Morgan fingerprint density at radius 2 is 1.66 bits per heavy atom. The zero-order valence-corrected chi connectivity index (χ0v) is 16.0. The quantitative estimate of drug-likeness (QED) is 0.282. The van der Waals surface area contributed by atoms with Gasteiger partial charge in [0.15, 0.2) is 5.78 Å². The number of benzene rings is 3. The first kappa shape index (κ1) is 17.7. The van der Waals surface area contributed by atoms with Crippen LogP contribution in [-0.2, 0) is 4.79 Å². The van der Waals surface area contributed by atoms with Crippen molar-refractivity contribution in [3.63, 3.8) is 0 Å². The topological polar surface area (TPSA) is 52.6 Å². The fourth-order valence-electron chi connectivity index (χ4n) is 4.83. The van der Waals surface area contributed by atoms with Gasteiger partial charge in [0.05, 0.1) is 7.11 Å². The summed E-state index contributed by atoms with van der Waals surface area (Å²) in [6.45, 7) is 0. The molecule has 0 spiro atoms. The van der Waals surface area contributed by atoms with Crippen LogP contribution in [0.3, 0.4) is 0 Å². The molecule has 0 amide bonds. The van der Waals surface area contributed by atoms with E-state index in [1.54, 1.807) is 37.4 Å². The molecule has 0 N–H and O–H groups in total. The summed E-state index contributed by atoms with van der Waals surface area (Å²) in [4.78, 5) is 26.8. The molecule has 29 heavy (non-hydrogen) atoms. The highest BCUT2D eigenvalue weighted by Crippen LogP contribution is 2.66. The van der Waals surface area contributed by atoms with Crippen LogP contribution >= 0.6 is 0 Å². The van der Waals surface area contributed by atoms with Crippen LogP contribution in [0.4, 0.5) is 0 Å². The predicted molar refractivity (Wildman–Crippen MR) is 108 cm³/mol. The standard InChI is InChI=1S/C25H20O4/c1-28-18-13-11-17(12-14-18)23(26)25-15-20(16-7-3-2-4-8-16)22(25)19-9-5-6-10-21(19)29-24(25)27/h2-14,20,22H,15H2,1H3/t20-,22-,25+/m0/s1. The van der Waals surface area contributed by atoms with Crippen molar-refractivity contribution in [2.24, 2.45) is 5.41 Å². The number of carbonyl (C=O) groups excluding carboxylic acids is 2. The van der Waals surface area contributed by atoms with Crippen molar-refractivity contribution in [3.05, 3.63) is 95.6 Å². The minimum absolute atomic E-state index is 0.0902. The molecule has 4 heteroatoms. The van der Waals surface area contributed by atoms with E-state index in [-0.39, 0.29) is 17.6 Å². The molecule has 0 saturated heterocycles. The highest BCUT2D eigenvalue weighted by molar-refractivity contribution is 6.15. The highest BCUT2D eigenvalue weighted by atomic mass is 16.5. The summed E-state index contributed by atoms with van der Waals surface area (Å²) in [5.41, 5.74) is 1.37. The molecule has 3 atom stereocenters. The maximum Gasteiger partial charge on any atom is 0.326 e. The van der Waals surface area contributed by atoms with E-state index in [4.69, 9.17) is 9.47 Å². The molecule has 3 aromatic carbocycles. The minimum atomic E-state index is -1.19. The van der Waals surface area contributed by atoms with Gasteiger partial charge >= 0.3 is 5.97 Å². The summed E-state index contributed by atoms with van der Waals surface area (Å²) in [6.07, 6.45) is 0.444. The van der Waals surface area contributed by atoms with Crippen LogP contribution < -0.4 is 9.47 Å². The third-order valence-electron chi connectivity index (χ3n) is 6.28. The Bertz CT molecular complexity index is 1090. The molecule has 4 nitrogen and oxygen atoms in total. The number of hydrogen-bond donors (Lipinski definition) is 0. The van der Waals surface area contributed by atoms with Crippen molar-refractivity contribution >= 4 is 11.8 Å². The van der Waals surface area contributed by atoms with E-state index in [1.165, 1.54) is 0 Å². The molecule has 1 heterocycles. The fourth-order valence-corrected chi connectivity index (χ4v) is 4.83. The third-order valence-corrected chi connectivity index (χ3v) is 6.28. The summed E-state index contributed by atoms with van der Waals surface area (Å²) in [5.74, 6) is 0.444. The van der Waals surface area contributed by atoms with Crippen LogP contribution in [0.5, 0.6) is 11.5 Å². The summed E-state index contributed by atoms with van der Waals surface area (Å²) < 4.78 is 10.9. The summed E-state index contributed by atoms with van der Waals surface area (Å²) in [5, 5.41) is 0. The van der Waals surface area contributed by atoms with Crippen LogP contribution in [0.25, 0.3) is 0 Å². The second-order valence-corrected chi connectivity index (χ2v) is 7.66. The van der Waals surface area contributed by atoms with Crippen molar-refractivity contribution in [1.82, 2.24) is 0 Å². The molecule has 2 aliphatic rings. The monoisotopic (exact) mass is 384 g/mol. The third kappa shape index (κ3) is 2.52. The molecular weight excluding hydrogens is 364 g/mol. The van der Waals surface area contributed by atoms with Gasteiger partial charge in [-0.3, -0.25) is 9.59 Å². The van der Waals surface area contributed by atoms with Gasteiger partial charge in [-0.15, -0.1) is 0 Å². The molecule has 144 valence electrons. The predicted octanol–water partition coefficient (Wildman–Crippen LogP) is 4.75. The van der Waals surface area contributed by atoms with Gasteiger partial charge in [-0.25, -0.2) is 0 Å². The zero-order valence-electron chi connectivity index (χ0n) is 16.0. The fraction of sp³-hybridized carbons (Fsp3) is 0.200. The summed E-state index contributed by atoms with van der Waals surface area (Å²) >= 11 is 0. The number of para-hydroxylation sites is 1. The Balaban J connectivity index is 1.62. The van der Waals surface area contributed by atoms with Gasteiger partial charge in [-0.2, -0.15) is 0 Å². The first-order chi connectivity index (χ1) is 14.1. The van der Waals surface area contributed by atoms with Gasteiger partial charge in [-0.05, 0) is 48.2 Å². The zero-order chi connectivity index (χ0) is 20.0. The number of carbonyl (C=O) groups is 2. The van der Waals surface area contributed by atoms with E-state index >= 15 is 0 Å². The van der Waals surface area contributed by atoms with Crippen molar-refractivity contribution in [2.45, 2.75) is 18.3 Å². The molecule has 1 saturated carbocycles. The smallest absolute Gasteiger partial charge is 0.326 e. The molecule has 3 aromatic rings. The lowest BCUT2D eigenvalue weighted by atomic mass is 9.47. The van der Waals surface area contributed by atoms with Gasteiger partial charge in [0.2, 0.25) is 0 Å². The Kier molecular flexibility index (Phi) is 4.02. The molecule has 1 aliphatic carbocycles. The lowest BCUT2D eigenvalue weighted by Gasteiger charge is -2.54. The summed E-state index contributed by atoms with van der Waals surface area (Å²) in [7, 11) is 1.58. The number of fused-ring (bicyclic) bond motifs is 3. The molecule has 0 radical (unpaired) electrons. The van der Waals surface area contributed by atoms with Crippen LogP contribution in [0.15, 0.2) is 78.9 Å². The van der Waals surface area contributed by atoms with Crippen molar-refractivity contribution < 1.29 is 19.1 Å². The number of ketones is 1. The molecule has 0 unspecified atom stereocenters. The maximum absolute atomic E-state index is 13.6. The number of hydrogen-bond acceptors (Lipinski definition) is 4. The van der Waals surface area contributed by atoms with E-state index in [0.717, 1.165) is 11.1 Å². The van der Waals surface area contributed by atoms with E-state index in [9.17, 15) is 9.59 Å². The van der Waals surface area contributed by atoms with Crippen LogP contribution in [0, 0.1) is 5.41 Å². The van der Waals surface area contributed by atoms with E-state index < -0.39 is 11.4 Å². The van der Waals surface area contributed by atoms with Gasteiger partial charge in [0.25, 0.3) is 0 Å². The average Bonchev–Trinajstić information content (AvgIpc) is 2.75. The molecule has 1 fully saturated rings. The summed E-state index contributed by atoms with van der Waals surface area (Å²) in [6, 6.07) is 24.6. The Morgan fingerprint density at radius 3 is 2.38 bits per heavy atom. The lowest BCUT2D eigenvalue weighted by Crippen LogP contribution is -2.59. The van der Waals surface area contributed by atoms with E-state index in [0.29, 0.717) is 23.5 Å². The lowest BCUT2D eigenvalue weighted by molar-refractivity contribution is -0.153. The van der Waals surface area contributed by atoms with Gasteiger partial charge in [0, 0.05) is 17.0 Å². The van der Waals surface area contributed by atoms with E-state index in [1.807, 2.05) is 36.4 Å². The largest absolute Gasteiger partial charge is 0.497 e. The average molecular weight is 384 g/mol. The van der Waals surface area contributed by atoms with Crippen LogP contribution in [0.2, 0.25) is 0 Å². The number of rotatable bonds is 4. The van der Waals surface area contributed by atoms with E-state index in [2.05, 4.69) is 12.1 Å². The maximum atomic E-state index is 13.6. The Hall–Kier alpha value is -3.40. The second-order valence-electron chi connectivity index (χ2n) is 7.66. The molecular formula is C25H20O4. The number of esters is 1. The second kappa shape index (κ2) is 6.59. The number of methoxy groups -OCH3 is 1. The SMILES string of the molecule is COc1ccc(C(=O)[C@@]23C[C@@H](c4ccccc4)[C@@H]2c2ccccc2OC3=O)cc1. The van der Waals surface area contributed by atoms with Crippen LogP contribution in [0.1, 0.15) is 39.7 Å². The first-order valence-electron chi connectivity index (χ1n) is 9.70. The molecule has 0 bridgehead atoms. The van der Waals surface area contributed by atoms with Gasteiger partial charge in [-0.1, -0.05) is 48.5 Å². The van der Waals surface area contributed by atoms with Crippen molar-refractivity contribution in [3.8, 4) is 11.5 Å². The number of ether oxygens (including phenoxy) is 2. The Morgan fingerprint density at radius 1 is 0.966 bits per heavy atom. The highest BCUT2D eigenvalue weighted by Gasteiger charge is 2.67. The number of Topliss-reactive ketones (excluding diaryl/α,β-unsaturated/α-hetero) is 1. The Labute approximate surface area is 169 Å². The minimum Gasteiger partial charge on any atom is -0.497 e. The van der Waals surface area contributed by atoms with Crippen molar-refractivity contribution in [2.75, 3.05) is 7.11 Å². The van der Waals surface area contributed by atoms with Gasteiger partial charge in [0.1, 0.15) is 16.9 Å². The normalized spacial score (nSPS) is 24.5. The molecule has 5 rings (SSSR count). The van der Waals surface area contributed by atoms with Crippen molar-refractivity contribution in [1.29, 1.82) is 0 Å². The first-order valence-corrected chi connectivity index (χ1v) is 9.70. The van der Waals surface area contributed by atoms with Crippen LogP contribution in [-0.4, -0.2) is 18.9 Å².